The number of nitrogens with zero attached hydrogens (tertiary/aromatic N) is 2. The third-order valence-corrected chi connectivity index (χ3v) is 6.95. The van der Waals surface area contributed by atoms with Crippen molar-refractivity contribution in [2.45, 2.75) is 24.2 Å². The third-order valence-electron chi connectivity index (χ3n) is 5.04. The van der Waals surface area contributed by atoms with Crippen molar-refractivity contribution < 1.29 is 17.6 Å². The highest BCUT2D eigenvalue weighted by Gasteiger charge is 2.27. The zero-order chi connectivity index (χ0) is 20.9. The van der Waals surface area contributed by atoms with E-state index < -0.39 is 10.0 Å². The first-order chi connectivity index (χ1) is 13.9. The Morgan fingerprint density at radius 3 is 2.41 bits per heavy atom. The van der Waals surface area contributed by atoms with Crippen LogP contribution < -0.4 is 10.2 Å². The van der Waals surface area contributed by atoms with Crippen molar-refractivity contribution in [2.24, 2.45) is 0 Å². The number of anilines is 1. The smallest absolute Gasteiger partial charge is 0.251 e. The van der Waals surface area contributed by atoms with E-state index >= 15 is 0 Å². The fourth-order valence-corrected chi connectivity index (χ4v) is 4.87. The first kappa shape index (κ1) is 21.3. The Balaban J connectivity index is 1.49. The number of para-hydroxylation sites is 1. The summed E-state index contributed by atoms with van der Waals surface area (Å²) in [7, 11) is -1.67. The number of amides is 1. The molecule has 1 aliphatic heterocycles. The van der Waals surface area contributed by atoms with Crippen LogP contribution in [0.5, 0.6) is 0 Å². The summed E-state index contributed by atoms with van der Waals surface area (Å²) >= 11 is 0. The molecule has 1 amide bonds. The highest BCUT2D eigenvalue weighted by Crippen LogP contribution is 2.21. The second-order valence-corrected chi connectivity index (χ2v) is 9.06. The van der Waals surface area contributed by atoms with Crippen LogP contribution in [-0.4, -0.2) is 51.9 Å². The van der Waals surface area contributed by atoms with Gasteiger partial charge in [0.15, 0.2) is 0 Å². The fourth-order valence-electron chi connectivity index (χ4n) is 3.36. The van der Waals surface area contributed by atoms with E-state index in [-0.39, 0.29) is 16.6 Å². The van der Waals surface area contributed by atoms with E-state index in [1.807, 2.05) is 0 Å². The van der Waals surface area contributed by atoms with Crippen molar-refractivity contribution in [3.05, 3.63) is 59.9 Å². The number of hydrogen-bond acceptors (Lipinski definition) is 4. The Bertz CT molecular complexity index is 942. The second kappa shape index (κ2) is 9.37. The molecule has 0 unspecified atom stereocenters. The van der Waals surface area contributed by atoms with Gasteiger partial charge in [-0.25, -0.2) is 12.8 Å². The van der Waals surface area contributed by atoms with Gasteiger partial charge in [0.25, 0.3) is 5.91 Å². The predicted octanol–water partition coefficient (Wildman–Crippen LogP) is 2.87. The molecule has 2 aromatic carbocycles. The average molecular weight is 420 g/mol. The van der Waals surface area contributed by atoms with E-state index in [0.29, 0.717) is 43.9 Å². The van der Waals surface area contributed by atoms with E-state index in [2.05, 4.69) is 5.32 Å². The maximum atomic E-state index is 13.8. The van der Waals surface area contributed by atoms with Gasteiger partial charge in [-0.05, 0) is 55.7 Å². The molecule has 1 heterocycles. The van der Waals surface area contributed by atoms with Gasteiger partial charge in [0, 0.05) is 38.8 Å². The van der Waals surface area contributed by atoms with Gasteiger partial charge in [0.05, 0.1) is 10.6 Å². The van der Waals surface area contributed by atoms with Gasteiger partial charge in [-0.1, -0.05) is 12.1 Å². The van der Waals surface area contributed by atoms with Crippen LogP contribution in [0.4, 0.5) is 10.1 Å². The number of carbonyl (C=O) groups excluding carboxylic acids is 1. The molecule has 1 aliphatic rings. The van der Waals surface area contributed by atoms with E-state index in [9.17, 15) is 17.6 Å². The Morgan fingerprint density at radius 2 is 1.76 bits per heavy atom. The Kier molecular flexibility index (Phi) is 6.87. The van der Waals surface area contributed by atoms with Gasteiger partial charge in [0.2, 0.25) is 10.0 Å². The van der Waals surface area contributed by atoms with Gasteiger partial charge in [0.1, 0.15) is 5.82 Å². The van der Waals surface area contributed by atoms with Crippen LogP contribution in [-0.2, 0) is 10.0 Å². The van der Waals surface area contributed by atoms with Gasteiger partial charge >= 0.3 is 0 Å². The molecule has 0 radical (unpaired) electrons. The number of carbonyl (C=O) groups is 1. The largest absolute Gasteiger partial charge is 0.372 e. The second-order valence-electron chi connectivity index (χ2n) is 7.12. The highest BCUT2D eigenvalue weighted by atomic mass is 32.2. The first-order valence-electron chi connectivity index (χ1n) is 9.73. The molecule has 1 saturated heterocycles. The maximum Gasteiger partial charge on any atom is 0.251 e. The minimum absolute atomic E-state index is 0.211. The number of sulfonamides is 1. The monoisotopic (exact) mass is 419 g/mol. The van der Waals surface area contributed by atoms with Crippen LogP contribution in [0.2, 0.25) is 0 Å². The summed E-state index contributed by atoms with van der Waals surface area (Å²) in [5.41, 5.74) is 0.932. The molecule has 3 rings (SSSR count). The molecular formula is C21H26FN3O3S. The van der Waals surface area contributed by atoms with E-state index in [1.54, 1.807) is 30.1 Å². The van der Waals surface area contributed by atoms with Crippen molar-refractivity contribution in [3.8, 4) is 0 Å². The zero-order valence-corrected chi connectivity index (χ0v) is 17.3. The minimum Gasteiger partial charge on any atom is -0.372 e. The normalized spacial score (nSPS) is 14.7. The van der Waals surface area contributed by atoms with Crippen LogP contribution in [0.25, 0.3) is 0 Å². The lowest BCUT2D eigenvalue weighted by Gasteiger charge is -2.19. The molecule has 2 aromatic rings. The lowest BCUT2D eigenvalue weighted by molar-refractivity contribution is 0.0953. The molecule has 1 fully saturated rings. The van der Waals surface area contributed by atoms with Crippen molar-refractivity contribution in [2.75, 3.05) is 38.1 Å². The molecular weight excluding hydrogens is 393 g/mol. The maximum absolute atomic E-state index is 13.8. The van der Waals surface area contributed by atoms with Crippen molar-refractivity contribution in [1.82, 2.24) is 9.62 Å². The Hall–Kier alpha value is -2.45. The molecule has 0 bridgehead atoms. The molecule has 0 spiro atoms. The standard InChI is InChI=1S/C21H26FN3O3S/c1-24(20-8-3-2-7-19(20)22)14-6-13-23-21(26)17-9-11-18(12-10-17)29(27,28)25-15-4-5-16-25/h2-3,7-12H,4-6,13-16H2,1H3,(H,23,26). The summed E-state index contributed by atoms with van der Waals surface area (Å²) in [6.07, 6.45) is 2.41. The van der Waals surface area contributed by atoms with Gasteiger partial charge in [-0.15, -0.1) is 0 Å². The third kappa shape index (κ3) is 5.13. The van der Waals surface area contributed by atoms with Crippen molar-refractivity contribution >= 4 is 21.6 Å². The molecule has 1 N–H and O–H groups in total. The van der Waals surface area contributed by atoms with Crippen LogP contribution >= 0.6 is 0 Å². The van der Waals surface area contributed by atoms with Crippen LogP contribution in [0.1, 0.15) is 29.6 Å². The van der Waals surface area contributed by atoms with E-state index in [0.717, 1.165) is 12.8 Å². The number of halogens is 1. The summed E-state index contributed by atoms with van der Waals surface area (Å²) < 4.78 is 40.3. The molecule has 0 saturated carbocycles. The number of hydrogen-bond donors (Lipinski definition) is 1. The van der Waals surface area contributed by atoms with Gasteiger partial charge in [-0.3, -0.25) is 4.79 Å². The topological polar surface area (TPSA) is 69.7 Å². The SMILES string of the molecule is CN(CCCNC(=O)c1ccc(S(=O)(=O)N2CCCC2)cc1)c1ccccc1F. The summed E-state index contributed by atoms with van der Waals surface area (Å²) in [6.45, 7) is 2.12. The number of nitrogens with one attached hydrogen (secondary N) is 1. The minimum atomic E-state index is -3.48. The van der Waals surface area contributed by atoms with Gasteiger partial charge in [-0.2, -0.15) is 4.31 Å². The fraction of sp³-hybridized carbons (Fsp3) is 0.381. The summed E-state index contributed by atoms with van der Waals surface area (Å²) in [5.74, 6) is -0.535. The zero-order valence-electron chi connectivity index (χ0n) is 16.5. The number of rotatable bonds is 8. The van der Waals surface area contributed by atoms with E-state index in [4.69, 9.17) is 0 Å². The van der Waals surface area contributed by atoms with Crippen LogP contribution in [0, 0.1) is 5.82 Å². The van der Waals surface area contributed by atoms with E-state index in [1.165, 1.54) is 34.6 Å². The molecule has 0 aliphatic carbocycles. The number of benzene rings is 2. The summed E-state index contributed by atoms with van der Waals surface area (Å²) in [4.78, 5) is 14.3. The molecule has 0 atom stereocenters. The molecule has 0 aromatic heterocycles. The summed E-state index contributed by atoms with van der Waals surface area (Å²) in [6, 6.07) is 12.6. The Morgan fingerprint density at radius 1 is 1.10 bits per heavy atom. The van der Waals surface area contributed by atoms with Crippen molar-refractivity contribution in [3.63, 3.8) is 0 Å². The lowest BCUT2D eigenvalue weighted by Crippen LogP contribution is -2.29. The predicted molar refractivity (Wildman–Crippen MR) is 111 cm³/mol. The first-order valence-corrected chi connectivity index (χ1v) is 11.2. The Labute approximate surface area is 171 Å². The highest BCUT2D eigenvalue weighted by molar-refractivity contribution is 7.89. The lowest BCUT2D eigenvalue weighted by atomic mass is 10.2. The average Bonchev–Trinajstić information content (AvgIpc) is 3.27. The molecule has 156 valence electrons. The summed E-state index contributed by atoms with van der Waals surface area (Å²) in [5, 5.41) is 2.81. The molecule has 29 heavy (non-hydrogen) atoms. The molecule has 6 nitrogen and oxygen atoms in total. The van der Waals surface area contributed by atoms with Crippen molar-refractivity contribution in [1.29, 1.82) is 0 Å². The van der Waals surface area contributed by atoms with Crippen LogP contribution in [0.3, 0.4) is 0 Å². The van der Waals surface area contributed by atoms with Gasteiger partial charge < -0.3 is 10.2 Å². The molecule has 8 heteroatoms. The van der Waals surface area contributed by atoms with Crippen LogP contribution in [0.15, 0.2) is 53.4 Å². The quantitative estimate of drug-likeness (QED) is 0.668.